The van der Waals surface area contributed by atoms with E-state index < -0.39 is 0 Å². The zero-order valence-electron chi connectivity index (χ0n) is 39.9. The smallest absolute Gasteiger partial charge is 0.141 e. The van der Waals surface area contributed by atoms with Gasteiger partial charge in [0.2, 0.25) is 0 Å². The van der Waals surface area contributed by atoms with Crippen molar-refractivity contribution in [3.63, 3.8) is 0 Å². The monoisotopic (exact) mass is 909 g/mol. The maximum absolute atomic E-state index is 5.50. The fourth-order valence-electron chi connectivity index (χ4n) is 11.6. The number of benzene rings is 9. The maximum atomic E-state index is 5.50. The van der Waals surface area contributed by atoms with Crippen LogP contribution in [0.1, 0.15) is 47.9 Å². The average molecular weight is 910 g/mol. The molecule has 0 bridgehead atoms. The molecule has 12 aromatic rings. The first kappa shape index (κ1) is 42.3. The van der Waals surface area contributed by atoms with E-state index in [9.17, 15) is 0 Å². The number of allylic oxidation sites excluding steroid dienone is 4. The second-order valence-electron chi connectivity index (χ2n) is 19.1. The highest BCUT2D eigenvalue weighted by molar-refractivity contribution is 6.14. The van der Waals surface area contributed by atoms with Gasteiger partial charge in [-0.15, -0.1) is 0 Å². The van der Waals surface area contributed by atoms with E-state index in [4.69, 9.17) is 4.98 Å². The van der Waals surface area contributed by atoms with Gasteiger partial charge in [0.15, 0.2) is 0 Å². The Morgan fingerprint density at radius 1 is 0.423 bits per heavy atom. The van der Waals surface area contributed by atoms with Gasteiger partial charge < -0.3 is 4.57 Å². The molecule has 3 heterocycles. The Morgan fingerprint density at radius 2 is 0.972 bits per heavy atom. The molecule has 0 radical (unpaired) electrons. The number of hydrogen-bond donors (Lipinski definition) is 0. The Morgan fingerprint density at radius 3 is 1.66 bits per heavy atom. The summed E-state index contributed by atoms with van der Waals surface area (Å²) in [5, 5.41) is 4.99. The van der Waals surface area contributed by atoms with E-state index in [2.05, 4.69) is 266 Å². The predicted molar refractivity (Wildman–Crippen MR) is 299 cm³/mol. The van der Waals surface area contributed by atoms with E-state index in [1.165, 1.54) is 88.2 Å². The lowest BCUT2D eigenvalue weighted by Crippen LogP contribution is -2.04. The number of pyridine rings is 1. The fraction of sp³-hybridized carbons (Fsp3) is 0.0735. The highest BCUT2D eigenvalue weighted by Crippen LogP contribution is 2.47. The van der Waals surface area contributed by atoms with Crippen LogP contribution >= 0.6 is 0 Å². The maximum Gasteiger partial charge on any atom is 0.141 e. The van der Waals surface area contributed by atoms with Gasteiger partial charge in [-0.25, -0.2) is 4.98 Å². The molecular weight excluding hydrogens is 859 g/mol. The quantitative estimate of drug-likeness (QED) is 0.149. The number of hydrogen-bond acceptors (Lipinski definition) is 1. The van der Waals surface area contributed by atoms with Crippen LogP contribution in [0.25, 0.3) is 99.8 Å². The molecule has 3 aromatic heterocycles. The zero-order chi connectivity index (χ0) is 47.4. The zero-order valence-corrected chi connectivity index (χ0v) is 39.9. The topological polar surface area (TPSA) is 22.8 Å². The highest BCUT2D eigenvalue weighted by Gasteiger charge is 2.27. The Balaban J connectivity index is 1.00. The van der Waals surface area contributed by atoms with E-state index in [0.717, 1.165) is 52.2 Å². The summed E-state index contributed by atoms with van der Waals surface area (Å²) < 4.78 is 4.86. The number of fused-ring (bicyclic) bond motifs is 6. The number of rotatable bonds is 8. The summed E-state index contributed by atoms with van der Waals surface area (Å²) in [4.78, 5) is 5.50. The lowest BCUT2D eigenvalue weighted by atomic mass is 9.83. The number of nitrogens with zero attached hydrogens (tertiary/aromatic N) is 3. The summed E-state index contributed by atoms with van der Waals surface area (Å²) in [6, 6.07) is 86.3. The molecule has 71 heavy (non-hydrogen) atoms. The number of para-hydroxylation sites is 2. The van der Waals surface area contributed by atoms with Crippen LogP contribution in [0.15, 0.2) is 248 Å². The second-order valence-corrected chi connectivity index (χ2v) is 19.1. The standard InChI is InChI=1S/C68H51N3/c1-45-55(38-35-51(47-21-8-3-9-22-47)41-58(45)48-23-10-4-11-24-48)57-32-20-34-66-67(57)61-43-53(37-40-65(61)70(66)54-29-16-7-17-30-54)52-36-39-64-60(42-52)56-31-18-19-33-63(56)71(64)68-46(2)59(49-25-12-5-13-26-49)44-62(69-68)50-27-14-6-15-28-50/h3-34,36-37,39-44,55H,35,38H2,1-2H3. The molecule has 0 aliphatic heterocycles. The van der Waals surface area contributed by atoms with E-state index >= 15 is 0 Å². The molecule has 1 unspecified atom stereocenters. The van der Waals surface area contributed by atoms with Crippen molar-refractivity contribution < 1.29 is 0 Å². The Kier molecular flexibility index (Phi) is 10.5. The van der Waals surface area contributed by atoms with Crippen LogP contribution in [-0.2, 0) is 0 Å². The lowest BCUT2D eigenvalue weighted by molar-refractivity contribution is 0.733. The molecular formula is C68H51N3. The molecule has 1 aliphatic carbocycles. The second kappa shape index (κ2) is 17.6. The minimum absolute atomic E-state index is 0.201. The van der Waals surface area contributed by atoms with Crippen molar-refractivity contribution in [2.45, 2.75) is 32.6 Å². The minimum atomic E-state index is 0.201. The van der Waals surface area contributed by atoms with Crippen molar-refractivity contribution in [3.8, 4) is 45.0 Å². The molecule has 338 valence electrons. The molecule has 0 saturated heterocycles. The molecule has 13 rings (SSSR count). The molecule has 0 saturated carbocycles. The van der Waals surface area contributed by atoms with Crippen LogP contribution in [0.3, 0.4) is 0 Å². The van der Waals surface area contributed by atoms with E-state index in [1.54, 1.807) is 0 Å². The third-order valence-electron chi connectivity index (χ3n) is 15.0. The molecule has 9 aromatic carbocycles. The molecule has 1 aliphatic rings. The van der Waals surface area contributed by atoms with Crippen LogP contribution in [0.2, 0.25) is 0 Å². The minimum Gasteiger partial charge on any atom is -0.309 e. The molecule has 0 amide bonds. The van der Waals surface area contributed by atoms with Crippen LogP contribution in [-0.4, -0.2) is 14.1 Å². The van der Waals surface area contributed by atoms with Crippen LogP contribution in [0.5, 0.6) is 0 Å². The third-order valence-corrected chi connectivity index (χ3v) is 15.0. The molecule has 0 spiro atoms. The van der Waals surface area contributed by atoms with Crippen molar-refractivity contribution in [3.05, 3.63) is 270 Å². The average Bonchev–Trinajstić information content (AvgIpc) is 3.89. The first-order valence-electron chi connectivity index (χ1n) is 24.9. The Bertz CT molecular complexity index is 4030. The van der Waals surface area contributed by atoms with Crippen molar-refractivity contribution in [1.82, 2.24) is 14.1 Å². The van der Waals surface area contributed by atoms with Gasteiger partial charge in [-0.3, -0.25) is 4.57 Å². The van der Waals surface area contributed by atoms with Gasteiger partial charge in [0, 0.05) is 44.3 Å². The Hall–Kier alpha value is -8.79. The summed E-state index contributed by atoms with van der Waals surface area (Å²) in [5.74, 6) is 1.14. The van der Waals surface area contributed by atoms with Crippen molar-refractivity contribution >= 4 is 54.8 Å². The lowest BCUT2D eigenvalue weighted by Gasteiger charge is -2.21. The van der Waals surface area contributed by atoms with Gasteiger partial charge in [0.05, 0.1) is 27.8 Å². The predicted octanol–water partition coefficient (Wildman–Crippen LogP) is 18.0. The third kappa shape index (κ3) is 7.32. The summed E-state index contributed by atoms with van der Waals surface area (Å²) in [7, 11) is 0. The van der Waals surface area contributed by atoms with Gasteiger partial charge in [0.1, 0.15) is 5.82 Å². The highest BCUT2D eigenvalue weighted by atomic mass is 15.1. The van der Waals surface area contributed by atoms with Crippen LogP contribution < -0.4 is 0 Å². The van der Waals surface area contributed by atoms with Crippen molar-refractivity contribution in [1.29, 1.82) is 0 Å². The van der Waals surface area contributed by atoms with Gasteiger partial charge in [-0.2, -0.15) is 0 Å². The first-order valence-corrected chi connectivity index (χ1v) is 24.9. The molecule has 0 N–H and O–H groups in total. The van der Waals surface area contributed by atoms with Gasteiger partial charge in [0.25, 0.3) is 0 Å². The fourth-order valence-corrected chi connectivity index (χ4v) is 11.6. The largest absolute Gasteiger partial charge is 0.309 e. The molecule has 1 atom stereocenters. The summed E-state index contributed by atoms with van der Waals surface area (Å²) in [6.45, 7) is 4.60. The first-order chi connectivity index (χ1) is 35.1. The summed E-state index contributed by atoms with van der Waals surface area (Å²) in [6.07, 6.45) is 4.46. The normalized spacial score (nSPS) is 14.1. The van der Waals surface area contributed by atoms with E-state index in [0.29, 0.717) is 0 Å². The van der Waals surface area contributed by atoms with Crippen molar-refractivity contribution in [2.75, 3.05) is 0 Å². The van der Waals surface area contributed by atoms with Gasteiger partial charge in [-0.05, 0) is 131 Å². The van der Waals surface area contributed by atoms with Crippen molar-refractivity contribution in [2.24, 2.45) is 0 Å². The molecule has 0 fully saturated rings. The summed E-state index contributed by atoms with van der Waals surface area (Å²) in [5.41, 5.74) is 21.8. The van der Waals surface area contributed by atoms with Gasteiger partial charge in [-0.1, -0.05) is 194 Å². The number of aromatic nitrogens is 3. The van der Waals surface area contributed by atoms with Crippen LogP contribution in [0, 0.1) is 6.92 Å². The van der Waals surface area contributed by atoms with E-state index in [1.807, 2.05) is 0 Å². The molecule has 3 nitrogen and oxygen atoms in total. The SMILES string of the molecule is CC1=C(c2ccccc2)C=C(c2ccccc2)CCC1c1cccc2c1c1cc(-c3ccc4c(c3)c3ccccc3n4-c3nc(-c4ccccc4)cc(-c4ccccc4)c3C)ccc1n2-c1ccccc1. The Labute approximate surface area is 415 Å². The molecule has 3 heteroatoms. The van der Waals surface area contributed by atoms with Gasteiger partial charge >= 0.3 is 0 Å². The summed E-state index contributed by atoms with van der Waals surface area (Å²) >= 11 is 0. The van der Waals surface area contributed by atoms with E-state index in [-0.39, 0.29) is 5.92 Å². The van der Waals surface area contributed by atoms with Crippen LogP contribution in [0.4, 0.5) is 0 Å².